The molecule has 0 fully saturated rings. The van der Waals surface area contributed by atoms with Crippen molar-refractivity contribution in [2.75, 3.05) is 25.5 Å². The van der Waals surface area contributed by atoms with E-state index in [0.29, 0.717) is 6.42 Å². The molecule has 6 nitrogen and oxygen atoms in total. The quantitative estimate of drug-likeness (QED) is 0.626. The summed E-state index contributed by atoms with van der Waals surface area (Å²) in [7, 11) is -3.52. The van der Waals surface area contributed by atoms with Crippen molar-refractivity contribution in [2.24, 2.45) is 0 Å². The van der Waals surface area contributed by atoms with Crippen molar-refractivity contribution in [1.82, 2.24) is 5.32 Å². The van der Waals surface area contributed by atoms with E-state index in [4.69, 9.17) is 5.26 Å². The minimum absolute atomic E-state index is 0.0958. The Morgan fingerprint density at radius 3 is 2.52 bits per heavy atom. The predicted molar refractivity (Wildman–Crippen MR) is 78.4 cm³/mol. The SMILES string of the molecule is CCC(CO)(CO)NCCS(=O)(=O)c1cccc(C#N)c1. The molecular weight excluding hydrogens is 292 g/mol. The molecule has 0 bridgehead atoms. The zero-order valence-electron chi connectivity index (χ0n) is 11.9. The molecule has 21 heavy (non-hydrogen) atoms. The predicted octanol–water partition coefficient (Wildman–Crippen LogP) is 0.0550. The Morgan fingerprint density at radius 1 is 1.33 bits per heavy atom. The van der Waals surface area contributed by atoms with Crippen molar-refractivity contribution in [2.45, 2.75) is 23.8 Å². The fraction of sp³-hybridized carbons (Fsp3) is 0.500. The van der Waals surface area contributed by atoms with Gasteiger partial charge in [0, 0.05) is 6.54 Å². The fourth-order valence-corrected chi connectivity index (χ4v) is 3.04. The van der Waals surface area contributed by atoms with E-state index in [1.807, 2.05) is 6.07 Å². The molecule has 0 amide bonds. The average Bonchev–Trinajstić information content (AvgIpc) is 2.52. The Labute approximate surface area is 125 Å². The number of sulfone groups is 1. The summed E-state index contributed by atoms with van der Waals surface area (Å²) in [6.07, 6.45) is 0.476. The van der Waals surface area contributed by atoms with Crippen molar-refractivity contribution in [3.63, 3.8) is 0 Å². The van der Waals surface area contributed by atoms with Gasteiger partial charge in [-0.1, -0.05) is 13.0 Å². The average molecular weight is 312 g/mol. The highest BCUT2D eigenvalue weighted by atomic mass is 32.2. The normalized spacial score (nSPS) is 12.1. The van der Waals surface area contributed by atoms with Crippen molar-refractivity contribution in [1.29, 1.82) is 5.26 Å². The second kappa shape index (κ2) is 7.52. The van der Waals surface area contributed by atoms with Crippen LogP contribution in [0.15, 0.2) is 29.2 Å². The van der Waals surface area contributed by atoms with E-state index in [9.17, 15) is 18.6 Å². The minimum atomic E-state index is -3.52. The van der Waals surface area contributed by atoms with Crippen LogP contribution in [0.4, 0.5) is 0 Å². The molecule has 1 rings (SSSR count). The lowest BCUT2D eigenvalue weighted by molar-refractivity contribution is 0.0895. The largest absolute Gasteiger partial charge is 0.394 e. The number of nitrogens with zero attached hydrogens (tertiary/aromatic N) is 1. The van der Waals surface area contributed by atoms with Crippen LogP contribution in [-0.4, -0.2) is 49.7 Å². The maximum atomic E-state index is 12.2. The fourth-order valence-electron chi connectivity index (χ4n) is 1.84. The van der Waals surface area contributed by atoms with Crippen LogP contribution in [-0.2, 0) is 9.84 Å². The van der Waals surface area contributed by atoms with Crippen LogP contribution >= 0.6 is 0 Å². The van der Waals surface area contributed by atoms with Gasteiger partial charge >= 0.3 is 0 Å². The standard InChI is InChI=1S/C14H20N2O4S/c1-2-14(10-17,11-18)16-6-7-21(19,20)13-5-3-4-12(8-13)9-15/h3-5,8,16-18H,2,6-7,10-11H2,1H3. The zero-order valence-corrected chi connectivity index (χ0v) is 12.7. The van der Waals surface area contributed by atoms with Crippen LogP contribution < -0.4 is 5.32 Å². The number of nitriles is 1. The van der Waals surface area contributed by atoms with Gasteiger partial charge in [0.25, 0.3) is 0 Å². The molecule has 0 heterocycles. The first-order chi connectivity index (χ1) is 9.93. The lowest BCUT2D eigenvalue weighted by Crippen LogP contribution is -2.52. The van der Waals surface area contributed by atoms with Gasteiger partial charge in [-0.05, 0) is 24.6 Å². The third kappa shape index (κ3) is 4.51. The molecule has 0 aliphatic heterocycles. The summed E-state index contributed by atoms with van der Waals surface area (Å²) < 4.78 is 24.4. The van der Waals surface area contributed by atoms with Gasteiger partial charge in [-0.2, -0.15) is 5.26 Å². The summed E-state index contributed by atoms with van der Waals surface area (Å²) in [4.78, 5) is 0.0958. The molecule has 3 N–H and O–H groups in total. The van der Waals surface area contributed by atoms with E-state index >= 15 is 0 Å². The Morgan fingerprint density at radius 2 is 2.00 bits per heavy atom. The van der Waals surface area contributed by atoms with E-state index in [-0.39, 0.29) is 36.0 Å². The minimum Gasteiger partial charge on any atom is -0.394 e. The maximum Gasteiger partial charge on any atom is 0.179 e. The molecule has 0 saturated heterocycles. The number of hydrogen-bond donors (Lipinski definition) is 3. The molecule has 7 heteroatoms. The smallest absolute Gasteiger partial charge is 0.179 e. The Hall–Kier alpha value is -1.46. The van der Waals surface area contributed by atoms with Gasteiger partial charge in [0.05, 0.1) is 41.0 Å². The van der Waals surface area contributed by atoms with Gasteiger partial charge in [0.15, 0.2) is 9.84 Å². The van der Waals surface area contributed by atoms with Crippen LogP contribution in [0.25, 0.3) is 0 Å². The number of aliphatic hydroxyl groups is 2. The molecular formula is C14H20N2O4S. The van der Waals surface area contributed by atoms with E-state index in [1.165, 1.54) is 24.3 Å². The van der Waals surface area contributed by atoms with E-state index in [0.717, 1.165) is 0 Å². The molecule has 0 aliphatic rings. The van der Waals surface area contributed by atoms with Crippen LogP contribution in [0.5, 0.6) is 0 Å². The van der Waals surface area contributed by atoms with Crippen molar-refractivity contribution in [3.05, 3.63) is 29.8 Å². The molecule has 1 aromatic rings. The highest BCUT2D eigenvalue weighted by Crippen LogP contribution is 2.13. The van der Waals surface area contributed by atoms with Crippen LogP contribution in [0.1, 0.15) is 18.9 Å². The first-order valence-corrected chi connectivity index (χ1v) is 8.28. The first-order valence-electron chi connectivity index (χ1n) is 6.62. The first kappa shape index (κ1) is 17.6. The summed E-state index contributed by atoms with van der Waals surface area (Å²) in [5.74, 6) is -0.177. The third-order valence-electron chi connectivity index (χ3n) is 3.48. The Kier molecular flexibility index (Phi) is 6.30. The van der Waals surface area contributed by atoms with Gasteiger partial charge < -0.3 is 15.5 Å². The molecule has 0 aromatic heterocycles. The van der Waals surface area contributed by atoms with Gasteiger partial charge in [-0.3, -0.25) is 0 Å². The second-order valence-corrected chi connectivity index (χ2v) is 6.94. The highest BCUT2D eigenvalue weighted by molar-refractivity contribution is 7.91. The van der Waals surface area contributed by atoms with E-state index < -0.39 is 15.4 Å². The Balaban J connectivity index is 2.76. The van der Waals surface area contributed by atoms with Crippen LogP contribution in [0.2, 0.25) is 0 Å². The summed E-state index contributed by atoms with van der Waals surface area (Å²) in [5, 5.41) is 30.3. The van der Waals surface area contributed by atoms with Crippen LogP contribution in [0.3, 0.4) is 0 Å². The number of hydrogen-bond acceptors (Lipinski definition) is 6. The molecule has 0 aliphatic carbocycles. The molecule has 0 saturated carbocycles. The monoisotopic (exact) mass is 312 g/mol. The summed E-state index contributed by atoms with van der Waals surface area (Å²) in [6, 6.07) is 7.74. The van der Waals surface area contributed by atoms with Crippen molar-refractivity contribution in [3.8, 4) is 6.07 Å². The number of benzene rings is 1. The molecule has 0 spiro atoms. The molecule has 0 atom stereocenters. The van der Waals surface area contributed by atoms with Crippen molar-refractivity contribution >= 4 is 9.84 Å². The zero-order chi connectivity index (χ0) is 15.9. The van der Waals surface area contributed by atoms with E-state index in [1.54, 1.807) is 6.92 Å². The Bertz CT molecular complexity index is 595. The van der Waals surface area contributed by atoms with Crippen molar-refractivity contribution < 1.29 is 18.6 Å². The summed E-state index contributed by atoms with van der Waals surface area (Å²) >= 11 is 0. The van der Waals surface area contributed by atoms with Crippen LogP contribution in [0, 0.1) is 11.3 Å². The van der Waals surface area contributed by atoms with Gasteiger partial charge in [0.1, 0.15) is 0 Å². The topological polar surface area (TPSA) is 110 Å². The number of rotatable bonds is 8. The lowest BCUT2D eigenvalue weighted by Gasteiger charge is -2.29. The number of nitrogens with one attached hydrogen (secondary N) is 1. The highest BCUT2D eigenvalue weighted by Gasteiger charge is 2.26. The van der Waals surface area contributed by atoms with Gasteiger partial charge in [-0.15, -0.1) is 0 Å². The summed E-state index contributed by atoms with van der Waals surface area (Å²) in [5.41, 5.74) is -0.582. The van der Waals surface area contributed by atoms with Gasteiger partial charge in [-0.25, -0.2) is 8.42 Å². The number of aliphatic hydroxyl groups excluding tert-OH is 2. The lowest BCUT2D eigenvalue weighted by atomic mass is 9.99. The molecule has 0 radical (unpaired) electrons. The molecule has 1 aromatic carbocycles. The third-order valence-corrected chi connectivity index (χ3v) is 5.19. The van der Waals surface area contributed by atoms with Gasteiger partial charge in [0.2, 0.25) is 0 Å². The van der Waals surface area contributed by atoms with E-state index in [2.05, 4.69) is 5.32 Å². The molecule has 0 unspecified atom stereocenters. The maximum absolute atomic E-state index is 12.2. The molecule has 116 valence electrons. The summed E-state index contributed by atoms with van der Waals surface area (Å²) in [6.45, 7) is 1.35. The second-order valence-electron chi connectivity index (χ2n) is 4.84.